The molecule has 6 heteroatoms. The monoisotopic (exact) mass is 467 g/mol. The van der Waals surface area contributed by atoms with Gasteiger partial charge in [-0.1, -0.05) is 36.4 Å². The average molecular weight is 467 g/mol. The molecule has 5 nitrogen and oxygen atoms in total. The van der Waals surface area contributed by atoms with Crippen molar-refractivity contribution in [2.75, 3.05) is 33.9 Å². The first-order valence-electron chi connectivity index (χ1n) is 8.60. The number of rotatable bonds is 5. The van der Waals surface area contributed by atoms with Crippen molar-refractivity contribution in [2.45, 2.75) is 13.0 Å². The quantitative estimate of drug-likeness (QED) is 0.417. The number of fused-ring (bicyclic) bond motifs is 1. The smallest absolute Gasteiger partial charge is 0.193 e. The summed E-state index contributed by atoms with van der Waals surface area (Å²) in [4.78, 5) is 6.50. The van der Waals surface area contributed by atoms with E-state index in [0.29, 0.717) is 13.2 Å². The van der Waals surface area contributed by atoms with E-state index in [1.54, 1.807) is 0 Å². The molecular weight excluding hydrogens is 441 g/mol. The normalized spacial score (nSPS) is 12.9. The first-order chi connectivity index (χ1) is 12.3. The molecule has 140 valence electrons. The van der Waals surface area contributed by atoms with Crippen LogP contribution in [0.2, 0.25) is 0 Å². The van der Waals surface area contributed by atoms with Crippen LogP contribution in [0, 0.1) is 0 Å². The van der Waals surface area contributed by atoms with Crippen LogP contribution in [-0.2, 0) is 13.0 Å². The number of nitrogens with zero attached hydrogens (tertiary/aromatic N) is 2. The fourth-order valence-corrected chi connectivity index (χ4v) is 2.88. The Hall–Kier alpha value is -1.96. The predicted octanol–water partition coefficient (Wildman–Crippen LogP) is 3.33. The minimum absolute atomic E-state index is 0. The number of halogens is 1. The third-order valence-corrected chi connectivity index (χ3v) is 4.14. The first-order valence-corrected chi connectivity index (χ1v) is 8.60. The SMILES string of the molecule is CN=C(NCCc1ccc2c(c1)OCCO2)N(C)Cc1ccccc1.I. The highest BCUT2D eigenvalue weighted by molar-refractivity contribution is 14.0. The molecule has 2 aromatic carbocycles. The standard InChI is InChI=1S/C20H25N3O2.HI/c1-21-20(23(2)15-17-6-4-3-5-7-17)22-11-10-16-8-9-18-19(14-16)25-13-12-24-18;/h3-9,14H,10-13,15H2,1-2H3,(H,21,22);1H. The minimum Gasteiger partial charge on any atom is -0.486 e. The van der Waals surface area contributed by atoms with E-state index in [-0.39, 0.29) is 24.0 Å². The second kappa shape index (κ2) is 10.3. The van der Waals surface area contributed by atoms with Gasteiger partial charge in [-0.25, -0.2) is 0 Å². The Morgan fingerprint density at radius 1 is 1.04 bits per heavy atom. The maximum absolute atomic E-state index is 5.64. The summed E-state index contributed by atoms with van der Waals surface area (Å²) in [5, 5.41) is 3.42. The lowest BCUT2D eigenvalue weighted by Gasteiger charge is -2.22. The van der Waals surface area contributed by atoms with E-state index >= 15 is 0 Å². The lowest BCUT2D eigenvalue weighted by Crippen LogP contribution is -2.39. The third kappa shape index (κ3) is 5.52. The number of hydrogen-bond donors (Lipinski definition) is 1. The molecule has 0 saturated heterocycles. The van der Waals surface area contributed by atoms with E-state index in [1.165, 1.54) is 11.1 Å². The van der Waals surface area contributed by atoms with Gasteiger partial charge in [-0.05, 0) is 29.7 Å². The van der Waals surface area contributed by atoms with Crippen LogP contribution in [0.1, 0.15) is 11.1 Å². The Morgan fingerprint density at radius 2 is 1.77 bits per heavy atom. The van der Waals surface area contributed by atoms with E-state index in [4.69, 9.17) is 9.47 Å². The first kappa shape index (κ1) is 20.4. The van der Waals surface area contributed by atoms with E-state index in [1.807, 2.05) is 26.2 Å². The zero-order valence-electron chi connectivity index (χ0n) is 15.3. The zero-order valence-corrected chi connectivity index (χ0v) is 17.6. The molecule has 0 atom stereocenters. The molecule has 26 heavy (non-hydrogen) atoms. The van der Waals surface area contributed by atoms with Crippen molar-refractivity contribution >= 4 is 29.9 Å². The van der Waals surface area contributed by atoms with Crippen LogP contribution < -0.4 is 14.8 Å². The van der Waals surface area contributed by atoms with Crippen molar-refractivity contribution in [2.24, 2.45) is 4.99 Å². The van der Waals surface area contributed by atoms with Crippen molar-refractivity contribution in [3.63, 3.8) is 0 Å². The van der Waals surface area contributed by atoms with Crippen molar-refractivity contribution in [3.8, 4) is 11.5 Å². The van der Waals surface area contributed by atoms with Crippen molar-refractivity contribution in [1.29, 1.82) is 0 Å². The average Bonchev–Trinajstić information content (AvgIpc) is 2.66. The highest BCUT2D eigenvalue weighted by Gasteiger charge is 2.12. The number of benzene rings is 2. The number of aliphatic imine (C=N–C) groups is 1. The molecule has 1 heterocycles. The molecule has 0 fully saturated rings. The molecule has 0 bridgehead atoms. The van der Waals surface area contributed by atoms with Crippen molar-refractivity contribution in [3.05, 3.63) is 59.7 Å². The molecular formula is C20H26IN3O2. The van der Waals surface area contributed by atoms with Crippen LogP contribution in [0.3, 0.4) is 0 Å². The van der Waals surface area contributed by atoms with Gasteiger partial charge < -0.3 is 19.7 Å². The summed E-state index contributed by atoms with van der Waals surface area (Å²) in [7, 11) is 3.86. The summed E-state index contributed by atoms with van der Waals surface area (Å²) < 4.78 is 11.2. The summed E-state index contributed by atoms with van der Waals surface area (Å²) >= 11 is 0. The largest absolute Gasteiger partial charge is 0.486 e. The van der Waals surface area contributed by atoms with Gasteiger partial charge in [0, 0.05) is 27.2 Å². The molecule has 0 spiro atoms. The van der Waals surface area contributed by atoms with Crippen LogP contribution in [0.25, 0.3) is 0 Å². The highest BCUT2D eigenvalue weighted by Crippen LogP contribution is 2.30. The van der Waals surface area contributed by atoms with E-state index in [9.17, 15) is 0 Å². The molecule has 0 unspecified atom stereocenters. The maximum atomic E-state index is 5.64. The Bertz CT molecular complexity index is 722. The summed E-state index contributed by atoms with van der Waals surface area (Å²) in [5.41, 5.74) is 2.48. The molecule has 0 saturated carbocycles. The molecule has 3 rings (SSSR count). The molecule has 2 aromatic rings. The molecule has 0 amide bonds. The van der Waals surface area contributed by atoms with Gasteiger partial charge in [-0.3, -0.25) is 4.99 Å². The second-order valence-electron chi connectivity index (χ2n) is 6.04. The number of nitrogens with one attached hydrogen (secondary N) is 1. The Kier molecular flexibility index (Phi) is 8.03. The van der Waals surface area contributed by atoms with E-state index < -0.39 is 0 Å². The van der Waals surface area contributed by atoms with E-state index in [0.717, 1.165) is 37.0 Å². The second-order valence-corrected chi connectivity index (χ2v) is 6.04. The van der Waals surface area contributed by atoms with Crippen molar-refractivity contribution < 1.29 is 9.47 Å². The predicted molar refractivity (Wildman–Crippen MR) is 116 cm³/mol. The molecule has 1 N–H and O–H groups in total. The van der Waals surface area contributed by atoms with Crippen LogP contribution in [0.15, 0.2) is 53.5 Å². The summed E-state index contributed by atoms with van der Waals surface area (Å²) in [6, 6.07) is 16.5. The lowest BCUT2D eigenvalue weighted by atomic mass is 10.1. The summed E-state index contributed by atoms with van der Waals surface area (Å²) in [6.07, 6.45) is 0.898. The van der Waals surface area contributed by atoms with Gasteiger partial charge in [-0.2, -0.15) is 0 Å². The fraction of sp³-hybridized carbons (Fsp3) is 0.350. The number of guanidine groups is 1. The van der Waals surface area contributed by atoms with Gasteiger partial charge in [0.05, 0.1) is 0 Å². The summed E-state index contributed by atoms with van der Waals surface area (Å²) in [6.45, 7) is 2.87. The Balaban J connectivity index is 0.00000243. The Morgan fingerprint density at radius 3 is 2.50 bits per heavy atom. The molecule has 0 radical (unpaired) electrons. The van der Waals surface area contributed by atoms with Gasteiger partial charge in [0.25, 0.3) is 0 Å². The highest BCUT2D eigenvalue weighted by atomic mass is 127. The topological polar surface area (TPSA) is 46.1 Å². The molecule has 1 aliphatic heterocycles. The molecule has 1 aliphatic rings. The molecule has 0 aromatic heterocycles. The fourth-order valence-electron chi connectivity index (χ4n) is 2.88. The van der Waals surface area contributed by atoms with Crippen LogP contribution in [0.5, 0.6) is 11.5 Å². The van der Waals surface area contributed by atoms with Gasteiger partial charge in [0.15, 0.2) is 17.5 Å². The minimum atomic E-state index is 0. The van der Waals surface area contributed by atoms with Gasteiger partial charge in [0.1, 0.15) is 13.2 Å². The Labute approximate surface area is 172 Å². The van der Waals surface area contributed by atoms with Crippen LogP contribution >= 0.6 is 24.0 Å². The lowest BCUT2D eigenvalue weighted by molar-refractivity contribution is 0.171. The zero-order chi connectivity index (χ0) is 17.5. The van der Waals surface area contributed by atoms with Crippen molar-refractivity contribution in [1.82, 2.24) is 10.2 Å². The van der Waals surface area contributed by atoms with Gasteiger partial charge >= 0.3 is 0 Å². The molecule has 0 aliphatic carbocycles. The van der Waals surface area contributed by atoms with E-state index in [2.05, 4.69) is 51.6 Å². The maximum Gasteiger partial charge on any atom is 0.193 e. The summed E-state index contributed by atoms with van der Waals surface area (Å²) in [5.74, 6) is 2.57. The van der Waals surface area contributed by atoms with Crippen LogP contribution in [-0.4, -0.2) is 44.7 Å². The third-order valence-electron chi connectivity index (χ3n) is 4.14. The number of ether oxygens (including phenoxy) is 2. The van der Waals surface area contributed by atoms with Gasteiger partial charge in [0.2, 0.25) is 0 Å². The van der Waals surface area contributed by atoms with Crippen LogP contribution in [0.4, 0.5) is 0 Å². The van der Waals surface area contributed by atoms with Gasteiger partial charge in [-0.15, -0.1) is 24.0 Å². The number of hydrogen-bond acceptors (Lipinski definition) is 3.